The van der Waals surface area contributed by atoms with E-state index in [2.05, 4.69) is 10.6 Å². The topological polar surface area (TPSA) is 106 Å². The average molecular weight is 298 g/mol. The van der Waals surface area contributed by atoms with Crippen molar-refractivity contribution in [3.63, 3.8) is 0 Å². The Hall–Kier alpha value is -2.48. The van der Waals surface area contributed by atoms with Gasteiger partial charge in [-0.2, -0.15) is 0 Å². The highest BCUT2D eigenvalue weighted by Gasteiger charge is 2.19. The SMILES string of the molecule is COCC(NC(=O)Nc1cc(OC)cc(OC)c1)C(=O)O. The second kappa shape index (κ2) is 7.95. The van der Waals surface area contributed by atoms with E-state index < -0.39 is 18.0 Å². The average Bonchev–Trinajstić information content (AvgIpc) is 2.46. The highest BCUT2D eigenvalue weighted by molar-refractivity contribution is 5.92. The number of benzene rings is 1. The van der Waals surface area contributed by atoms with Crippen LogP contribution in [0, 0.1) is 0 Å². The van der Waals surface area contributed by atoms with E-state index in [-0.39, 0.29) is 6.61 Å². The van der Waals surface area contributed by atoms with Crippen LogP contribution >= 0.6 is 0 Å². The molecular formula is C13H18N2O6. The van der Waals surface area contributed by atoms with Gasteiger partial charge < -0.3 is 30.0 Å². The molecule has 8 nitrogen and oxygen atoms in total. The van der Waals surface area contributed by atoms with Gasteiger partial charge in [-0.05, 0) is 0 Å². The summed E-state index contributed by atoms with van der Waals surface area (Å²) in [7, 11) is 4.32. The molecule has 3 N–H and O–H groups in total. The summed E-state index contributed by atoms with van der Waals surface area (Å²) in [6, 6.07) is 2.99. The van der Waals surface area contributed by atoms with Gasteiger partial charge in [-0.1, -0.05) is 0 Å². The summed E-state index contributed by atoms with van der Waals surface area (Å²) in [5.41, 5.74) is 0.408. The minimum Gasteiger partial charge on any atom is -0.497 e. The molecule has 8 heteroatoms. The van der Waals surface area contributed by atoms with Gasteiger partial charge in [-0.3, -0.25) is 0 Å². The van der Waals surface area contributed by atoms with E-state index in [1.165, 1.54) is 21.3 Å². The van der Waals surface area contributed by atoms with Gasteiger partial charge in [0.1, 0.15) is 11.5 Å². The maximum absolute atomic E-state index is 11.8. The molecule has 0 radical (unpaired) electrons. The van der Waals surface area contributed by atoms with Gasteiger partial charge in [0.25, 0.3) is 0 Å². The van der Waals surface area contributed by atoms with Gasteiger partial charge in [0.15, 0.2) is 6.04 Å². The standard InChI is InChI=1S/C13H18N2O6/c1-19-7-11(12(16)17)15-13(18)14-8-4-9(20-2)6-10(5-8)21-3/h4-6,11H,7H2,1-3H3,(H,16,17)(H2,14,15,18). The molecule has 0 aliphatic carbocycles. The summed E-state index contributed by atoms with van der Waals surface area (Å²) in [4.78, 5) is 22.7. The largest absolute Gasteiger partial charge is 0.497 e. The zero-order chi connectivity index (χ0) is 15.8. The number of methoxy groups -OCH3 is 3. The van der Waals surface area contributed by atoms with Crippen molar-refractivity contribution in [2.75, 3.05) is 33.3 Å². The molecular weight excluding hydrogens is 280 g/mol. The third kappa shape index (κ3) is 5.19. The van der Waals surface area contributed by atoms with Crippen LogP contribution in [0.4, 0.5) is 10.5 Å². The molecule has 1 rings (SSSR count). The fourth-order valence-electron chi connectivity index (χ4n) is 1.55. The molecule has 1 aromatic carbocycles. The first-order valence-corrected chi connectivity index (χ1v) is 6.02. The van der Waals surface area contributed by atoms with Gasteiger partial charge in [-0.15, -0.1) is 0 Å². The second-order valence-corrected chi connectivity index (χ2v) is 4.05. The van der Waals surface area contributed by atoms with Crippen molar-refractivity contribution in [1.82, 2.24) is 5.32 Å². The lowest BCUT2D eigenvalue weighted by Gasteiger charge is -2.15. The molecule has 116 valence electrons. The highest BCUT2D eigenvalue weighted by Crippen LogP contribution is 2.25. The number of aliphatic carboxylic acids is 1. The van der Waals surface area contributed by atoms with Gasteiger partial charge >= 0.3 is 12.0 Å². The summed E-state index contributed by atoms with van der Waals surface area (Å²) in [5.74, 6) is -0.192. The number of carbonyl (C=O) groups excluding carboxylic acids is 1. The number of carboxylic acids is 1. The van der Waals surface area contributed by atoms with Crippen LogP contribution in [-0.2, 0) is 9.53 Å². The minimum atomic E-state index is -1.18. The van der Waals surface area contributed by atoms with Crippen LogP contribution in [0.25, 0.3) is 0 Å². The summed E-state index contributed by atoms with van der Waals surface area (Å²) < 4.78 is 14.9. The fraction of sp³-hybridized carbons (Fsp3) is 0.385. The lowest BCUT2D eigenvalue weighted by molar-refractivity contribution is -0.140. The van der Waals surface area contributed by atoms with Crippen molar-refractivity contribution in [2.24, 2.45) is 0 Å². The van der Waals surface area contributed by atoms with Crippen molar-refractivity contribution in [2.45, 2.75) is 6.04 Å². The number of urea groups is 1. The third-order valence-electron chi connectivity index (χ3n) is 2.55. The Morgan fingerprint density at radius 3 is 2.14 bits per heavy atom. The van der Waals surface area contributed by atoms with Crippen LogP contribution in [0.2, 0.25) is 0 Å². The summed E-state index contributed by atoms with van der Waals surface area (Å²) in [6.07, 6.45) is 0. The predicted octanol–water partition coefficient (Wildman–Crippen LogP) is 0.925. The Balaban J connectivity index is 2.75. The quantitative estimate of drug-likeness (QED) is 0.691. The third-order valence-corrected chi connectivity index (χ3v) is 2.55. The van der Waals surface area contributed by atoms with Crippen molar-refractivity contribution >= 4 is 17.7 Å². The molecule has 0 saturated carbocycles. The lowest BCUT2D eigenvalue weighted by atomic mass is 10.2. The highest BCUT2D eigenvalue weighted by atomic mass is 16.5. The predicted molar refractivity (Wildman–Crippen MR) is 75.0 cm³/mol. The van der Waals surface area contributed by atoms with Gasteiger partial charge in [0.05, 0.1) is 20.8 Å². The van der Waals surface area contributed by atoms with Gasteiger partial charge in [0, 0.05) is 31.0 Å². The summed E-state index contributed by atoms with van der Waals surface area (Å²) in [6.45, 7) is -0.135. The molecule has 2 amide bonds. The van der Waals surface area contributed by atoms with E-state index >= 15 is 0 Å². The summed E-state index contributed by atoms with van der Waals surface area (Å²) >= 11 is 0. The maximum atomic E-state index is 11.8. The van der Waals surface area contributed by atoms with E-state index in [9.17, 15) is 9.59 Å². The normalized spacial score (nSPS) is 11.4. The van der Waals surface area contributed by atoms with E-state index in [1.807, 2.05) is 0 Å². The van der Waals surface area contributed by atoms with Crippen molar-refractivity contribution in [3.8, 4) is 11.5 Å². The number of nitrogens with one attached hydrogen (secondary N) is 2. The van der Waals surface area contributed by atoms with E-state index in [0.29, 0.717) is 17.2 Å². The maximum Gasteiger partial charge on any atom is 0.328 e. The number of hydrogen-bond donors (Lipinski definition) is 3. The molecule has 0 aromatic heterocycles. The number of carboxylic acid groups (broad SMARTS) is 1. The first-order valence-electron chi connectivity index (χ1n) is 6.02. The number of amides is 2. The van der Waals surface area contributed by atoms with Gasteiger partial charge in [0.2, 0.25) is 0 Å². The Morgan fingerprint density at radius 2 is 1.71 bits per heavy atom. The van der Waals surface area contributed by atoms with E-state index in [1.54, 1.807) is 18.2 Å². The van der Waals surface area contributed by atoms with Crippen LogP contribution < -0.4 is 20.1 Å². The molecule has 21 heavy (non-hydrogen) atoms. The Kier molecular flexibility index (Phi) is 6.28. The van der Waals surface area contributed by atoms with Crippen LogP contribution in [0.5, 0.6) is 11.5 Å². The molecule has 0 fully saturated rings. The molecule has 0 saturated heterocycles. The molecule has 1 unspecified atom stereocenters. The zero-order valence-corrected chi connectivity index (χ0v) is 12.0. The van der Waals surface area contributed by atoms with E-state index in [0.717, 1.165) is 0 Å². The first kappa shape index (κ1) is 16.6. The Morgan fingerprint density at radius 1 is 1.14 bits per heavy atom. The number of hydrogen-bond acceptors (Lipinski definition) is 5. The molecule has 0 bridgehead atoms. The lowest BCUT2D eigenvalue weighted by Crippen LogP contribution is -2.45. The molecule has 1 aromatic rings. The monoisotopic (exact) mass is 298 g/mol. The van der Waals surface area contributed by atoms with Crippen molar-refractivity contribution in [3.05, 3.63) is 18.2 Å². The molecule has 0 aliphatic heterocycles. The zero-order valence-electron chi connectivity index (χ0n) is 12.0. The van der Waals surface area contributed by atoms with Crippen LogP contribution in [0.3, 0.4) is 0 Å². The van der Waals surface area contributed by atoms with E-state index in [4.69, 9.17) is 19.3 Å². The van der Waals surface area contributed by atoms with Crippen LogP contribution in [-0.4, -0.2) is 51.1 Å². The Bertz CT molecular complexity index is 483. The van der Waals surface area contributed by atoms with Crippen molar-refractivity contribution < 1.29 is 28.9 Å². The Labute approximate surface area is 122 Å². The van der Waals surface area contributed by atoms with Gasteiger partial charge in [-0.25, -0.2) is 9.59 Å². The van der Waals surface area contributed by atoms with Crippen LogP contribution in [0.1, 0.15) is 0 Å². The van der Waals surface area contributed by atoms with Crippen molar-refractivity contribution in [1.29, 1.82) is 0 Å². The smallest absolute Gasteiger partial charge is 0.328 e. The fourth-order valence-corrected chi connectivity index (χ4v) is 1.55. The number of rotatable bonds is 7. The molecule has 0 aliphatic rings. The number of carbonyl (C=O) groups is 2. The van der Waals surface area contributed by atoms with Crippen LogP contribution in [0.15, 0.2) is 18.2 Å². The summed E-state index contributed by atoms with van der Waals surface area (Å²) in [5, 5.41) is 13.7. The second-order valence-electron chi connectivity index (χ2n) is 4.05. The number of ether oxygens (including phenoxy) is 3. The molecule has 0 spiro atoms. The molecule has 1 atom stereocenters. The minimum absolute atomic E-state index is 0.135. The first-order chi connectivity index (χ1) is 9.99. The molecule has 0 heterocycles. The number of anilines is 1.